The molecule has 0 amide bonds. The molecule has 0 bridgehead atoms. The van der Waals surface area contributed by atoms with Crippen molar-refractivity contribution >= 4 is 11.5 Å². The van der Waals surface area contributed by atoms with Crippen molar-refractivity contribution < 1.29 is 9.26 Å². The fourth-order valence-corrected chi connectivity index (χ4v) is 2.33. The Bertz CT molecular complexity index is 510. The molecule has 1 atom stereocenters. The van der Waals surface area contributed by atoms with Gasteiger partial charge >= 0.3 is 0 Å². The van der Waals surface area contributed by atoms with Crippen LogP contribution in [0.25, 0.3) is 10.8 Å². The largest absolute Gasteiger partial charge is 0.379 e. The second-order valence-corrected chi connectivity index (χ2v) is 5.04. The average molecular weight is 282 g/mol. The lowest BCUT2D eigenvalue weighted by Gasteiger charge is -2.27. The number of nitrogens with two attached hydrogens (primary N) is 1. The molecule has 2 N–H and O–H groups in total. The molecule has 9 heteroatoms. The van der Waals surface area contributed by atoms with E-state index >= 15 is 0 Å². The molecule has 1 saturated heterocycles. The van der Waals surface area contributed by atoms with Crippen LogP contribution in [0.15, 0.2) is 10.7 Å². The number of morpholine rings is 1. The molecule has 8 nitrogen and oxygen atoms in total. The van der Waals surface area contributed by atoms with Crippen molar-refractivity contribution in [3.05, 3.63) is 12.0 Å². The number of hydrogen-bond donors (Lipinski definition) is 1. The molecule has 2 aromatic heterocycles. The summed E-state index contributed by atoms with van der Waals surface area (Å²) in [5, 5.41) is 7.65. The van der Waals surface area contributed by atoms with Crippen LogP contribution in [0.2, 0.25) is 0 Å². The normalized spacial score (nSPS) is 18.6. The maximum Gasteiger partial charge on any atom is 0.271 e. The smallest absolute Gasteiger partial charge is 0.271 e. The summed E-state index contributed by atoms with van der Waals surface area (Å²) < 4.78 is 14.2. The Labute approximate surface area is 113 Å². The van der Waals surface area contributed by atoms with Gasteiger partial charge in [0.25, 0.3) is 5.89 Å². The zero-order valence-electron chi connectivity index (χ0n) is 10.2. The molecule has 102 valence electrons. The van der Waals surface area contributed by atoms with Crippen molar-refractivity contribution in [2.24, 2.45) is 5.73 Å². The molecular weight excluding hydrogens is 268 g/mol. The number of nitrogens with zero attached hydrogens (tertiary/aromatic N) is 5. The van der Waals surface area contributed by atoms with E-state index in [1.807, 2.05) is 0 Å². The number of ether oxygens (including phenoxy) is 1. The van der Waals surface area contributed by atoms with Crippen LogP contribution in [-0.2, 0) is 4.74 Å². The molecule has 0 aliphatic carbocycles. The monoisotopic (exact) mass is 282 g/mol. The van der Waals surface area contributed by atoms with E-state index in [-0.39, 0.29) is 6.04 Å². The van der Waals surface area contributed by atoms with Crippen LogP contribution in [0.5, 0.6) is 0 Å². The minimum Gasteiger partial charge on any atom is -0.379 e. The van der Waals surface area contributed by atoms with E-state index in [9.17, 15) is 0 Å². The molecule has 2 aromatic rings. The summed E-state index contributed by atoms with van der Waals surface area (Å²) in [5.41, 5.74) is 6.10. The highest BCUT2D eigenvalue weighted by Gasteiger charge is 2.20. The fraction of sp³-hybridized carbons (Fsp3) is 0.600. The van der Waals surface area contributed by atoms with E-state index in [0.717, 1.165) is 31.2 Å². The minimum atomic E-state index is -0.267. The highest BCUT2D eigenvalue weighted by Crippen LogP contribution is 2.20. The second kappa shape index (κ2) is 5.70. The van der Waals surface area contributed by atoms with Crippen molar-refractivity contribution in [3.63, 3.8) is 0 Å². The predicted molar refractivity (Wildman–Crippen MR) is 67.4 cm³/mol. The summed E-state index contributed by atoms with van der Waals surface area (Å²) in [6, 6.07) is -0.267. The maximum absolute atomic E-state index is 6.10. The Hall–Kier alpha value is -1.42. The summed E-state index contributed by atoms with van der Waals surface area (Å²) >= 11 is 1.21. The van der Waals surface area contributed by atoms with Crippen LogP contribution in [0.1, 0.15) is 11.9 Å². The fourth-order valence-electron chi connectivity index (χ4n) is 1.89. The summed E-state index contributed by atoms with van der Waals surface area (Å²) in [6.45, 7) is 3.96. The third-order valence-corrected chi connectivity index (χ3v) is 3.56. The van der Waals surface area contributed by atoms with E-state index in [2.05, 4.69) is 24.6 Å². The zero-order chi connectivity index (χ0) is 13.1. The molecule has 3 rings (SSSR count). The third-order valence-electron chi connectivity index (χ3n) is 2.90. The number of rotatable bonds is 4. The standard InChI is InChI=1S/C10H14N6O2S/c11-7(6-16-1-3-17-4-2-16)9-13-10(18-14-9)8-5-12-15-19-8/h5,7H,1-4,6,11H2. The highest BCUT2D eigenvalue weighted by atomic mass is 32.1. The molecule has 1 unspecified atom stereocenters. The number of hydrogen-bond acceptors (Lipinski definition) is 9. The Morgan fingerprint density at radius 1 is 1.42 bits per heavy atom. The van der Waals surface area contributed by atoms with Gasteiger partial charge in [0.05, 0.1) is 25.5 Å². The first kappa shape index (κ1) is 12.6. The molecule has 0 aromatic carbocycles. The van der Waals surface area contributed by atoms with Gasteiger partial charge in [0, 0.05) is 19.6 Å². The quantitative estimate of drug-likeness (QED) is 0.830. The average Bonchev–Trinajstić information content (AvgIpc) is 3.11. The molecule has 0 spiro atoms. The number of aromatic nitrogens is 4. The topological polar surface area (TPSA) is 103 Å². The molecular formula is C10H14N6O2S. The first-order valence-corrected chi connectivity index (χ1v) is 6.77. The van der Waals surface area contributed by atoms with Crippen molar-refractivity contribution in [1.29, 1.82) is 0 Å². The third kappa shape index (κ3) is 2.95. The van der Waals surface area contributed by atoms with Gasteiger partial charge in [-0.2, -0.15) is 4.98 Å². The first-order chi connectivity index (χ1) is 9.33. The summed E-state index contributed by atoms with van der Waals surface area (Å²) in [4.78, 5) is 7.27. The van der Waals surface area contributed by atoms with Gasteiger partial charge in [-0.3, -0.25) is 4.90 Å². The molecule has 0 radical (unpaired) electrons. The molecule has 19 heavy (non-hydrogen) atoms. The Balaban J connectivity index is 1.65. The van der Waals surface area contributed by atoms with Crippen molar-refractivity contribution in [2.75, 3.05) is 32.8 Å². The Morgan fingerprint density at radius 3 is 3.00 bits per heavy atom. The lowest BCUT2D eigenvalue weighted by Crippen LogP contribution is -2.40. The van der Waals surface area contributed by atoms with Crippen LogP contribution < -0.4 is 5.73 Å². The van der Waals surface area contributed by atoms with Gasteiger partial charge in [-0.05, 0) is 11.5 Å². The van der Waals surface area contributed by atoms with E-state index in [0.29, 0.717) is 18.3 Å². The molecule has 3 heterocycles. The van der Waals surface area contributed by atoms with Gasteiger partial charge in [0.15, 0.2) is 5.82 Å². The molecule has 1 aliphatic heterocycles. The lowest BCUT2D eigenvalue weighted by atomic mass is 10.2. The Morgan fingerprint density at radius 2 is 2.26 bits per heavy atom. The van der Waals surface area contributed by atoms with Gasteiger partial charge in [0.1, 0.15) is 4.88 Å². The van der Waals surface area contributed by atoms with Crippen LogP contribution in [-0.4, -0.2) is 57.5 Å². The van der Waals surface area contributed by atoms with Crippen molar-refractivity contribution in [2.45, 2.75) is 6.04 Å². The van der Waals surface area contributed by atoms with E-state index < -0.39 is 0 Å². The summed E-state index contributed by atoms with van der Waals surface area (Å²) in [5.74, 6) is 0.928. The van der Waals surface area contributed by atoms with Gasteiger partial charge in [-0.15, -0.1) is 5.10 Å². The van der Waals surface area contributed by atoms with Crippen molar-refractivity contribution in [3.8, 4) is 10.8 Å². The molecule has 1 fully saturated rings. The second-order valence-electron chi connectivity index (χ2n) is 4.26. The van der Waals surface area contributed by atoms with Crippen LogP contribution >= 0.6 is 11.5 Å². The predicted octanol–water partition coefficient (Wildman–Crippen LogP) is -0.0799. The first-order valence-electron chi connectivity index (χ1n) is 6.00. The van der Waals surface area contributed by atoms with Gasteiger partial charge in [-0.1, -0.05) is 9.64 Å². The van der Waals surface area contributed by atoms with Crippen LogP contribution in [0.4, 0.5) is 0 Å². The van der Waals surface area contributed by atoms with Gasteiger partial charge in [-0.25, -0.2) is 0 Å². The van der Waals surface area contributed by atoms with E-state index in [1.54, 1.807) is 6.20 Å². The SMILES string of the molecule is NC(CN1CCOCC1)c1noc(-c2cnns2)n1. The van der Waals surface area contributed by atoms with Gasteiger partial charge < -0.3 is 15.0 Å². The van der Waals surface area contributed by atoms with Crippen molar-refractivity contribution in [1.82, 2.24) is 24.6 Å². The van der Waals surface area contributed by atoms with Crippen LogP contribution in [0.3, 0.4) is 0 Å². The Kier molecular flexibility index (Phi) is 3.78. The summed E-state index contributed by atoms with van der Waals surface area (Å²) in [7, 11) is 0. The van der Waals surface area contributed by atoms with E-state index in [1.165, 1.54) is 11.5 Å². The lowest BCUT2D eigenvalue weighted by molar-refractivity contribution is 0.0348. The highest BCUT2D eigenvalue weighted by molar-refractivity contribution is 7.09. The van der Waals surface area contributed by atoms with Crippen LogP contribution in [0, 0.1) is 0 Å². The van der Waals surface area contributed by atoms with E-state index in [4.69, 9.17) is 15.0 Å². The summed E-state index contributed by atoms with van der Waals surface area (Å²) in [6.07, 6.45) is 1.59. The molecule has 0 saturated carbocycles. The molecule has 1 aliphatic rings. The van der Waals surface area contributed by atoms with Gasteiger partial charge in [0.2, 0.25) is 0 Å². The maximum atomic E-state index is 6.10. The zero-order valence-corrected chi connectivity index (χ0v) is 11.0. The minimum absolute atomic E-state index is 0.267.